The van der Waals surface area contributed by atoms with E-state index in [4.69, 9.17) is 4.74 Å². The number of benzene rings is 1. The molecule has 0 radical (unpaired) electrons. The first kappa shape index (κ1) is 20.1. The van der Waals surface area contributed by atoms with Gasteiger partial charge in [-0.1, -0.05) is 0 Å². The second kappa shape index (κ2) is 8.76. The maximum absolute atomic E-state index is 11.5. The Bertz CT molecular complexity index is 1220. The van der Waals surface area contributed by atoms with E-state index in [-0.39, 0.29) is 5.91 Å². The molecule has 1 aromatic carbocycles. The predicted molar refractivity (Wildman–Crippen MR) is 121 cm³/mol. The third-order valence-electron chi connectivity index (χ3n) is 5.71. The van der Waals surface area contributed by atoms with Crippen LogP contribution < -0.4 is 4.74 Å². The number of aromatic nitrogens is 4. The van der Waals surface area contributed by atoms with Crippen molar-refractivity contribution in [3.8, 4) is 22.9 Å². The third kappa shape index (κ3) is 4.45. The summed E-state index contributed by atoms with van der Waals surface area (Å²) in [7, 11) is 0. The molecule has 3 aromatic heterocycles. The summed E-state index contributed by atoms with van der Waals surface area (Å²) in [5.74, 6) is 1.37. The van der Waals surface area contributed by atoms with Crippen molar-refractivity contribution < 1.29 is 9.53 Å². The minimum atomic E-state index is 0.152. The number of pyridine rings is 2. The smallest absolute Gasteiger partial charge is 0.219 e. The van der Waals surface area contributed by atoms with E-state index in [9.17, 15) is 4.79 Å². The van der Waals surface area contributed by atoms with Crippen molar-refractivity contribution in [2.45, 2.75) is 13.5 Å². The van der Waals surface area contributed by atoms with E-state index in [1.54, 1.807) is 19.3 Å². The summed E-state index contributed by atoms with van der Waals surface area (Å²) >= 11 is 0. The van der Waals surface area contributed by atoms with Crippen LogP contribution in [0.5, 0.6) is 11.6 Å². The Kier molecular flexibility index (Phi) is 5.51. The normalized spacial score (nSPS) is 14.6. The second-order valence-electron chi connectivity index (χ2n) is 7.94. The highest BCUT2D eigenvalue weighted by Crippen LogP contribution is 2.26. The highest BCUT2D eigenvalue weighted by Gasteiger charge is 2.18. The Labute approximate surface area is 185 Å². The molecule has 1 saturated heterocycles. The zero-order chi connectivity index (χ0) is 21.9. The van der Waals surface area contributed by atoms with Gasteiger partial charge in [0.25, 0.3) is 0 Å². The number of aromatic amines is 1. The van der Waals surface area contributed by atoms with Gasteiger partial charge in [-0.2, -0.15) is 5.10 Å². The van der Waals surface area contributed by atoms with Crippen LogP contribution in [0.2, 0.25) is 0 Å². The molecule has 5 rings (SSSR count). The minimum Gasteiger partial charge on any atom is -0.439 e. The number of rotatable bonds is 5. The molecule has 0 spiro atoms. The second-order valence-corrected chi connectivity index (χ2v) is 7.94. The van der Waals surface area contributed by atoms with E-state index in [1.165, 1.54) is 5.56 Å². The van der Waals surface area contributed by atoms with Crippen LogP contribution in [-0.2, 0) is 11.3 Å². The van der Waals surface area contributed by atoms with Crippen LogP contribution in [0.1, 0.15) is 12.5 Å². The third-order valence-corrected chi connectivity index (χ3v) is 5.71. The molecule has 4 aromatic rings. The Morgan fingerprint density at radius 3 is 2.62 bits per heavy atom. The van der Waals surface area contributed by atoms with Gasteiger partial charge in [0.1, 0.15) is 5.75 Å². The van der Waals surface area contributed by atoms with Gasteiger partial charge in [0.2, 0.25) is 11.8 Å². The summed E-state index contributed by atoms with van der Waals surface area (Å²) in [6.45, 7) is 5.81. The number of amides is 1. The van der Waals surface area contributed by atoms with Crippen molar-refractivity contribution in [3.05, 3.63) is 66.6 Å². The van der Waals surface area contributed by atoms with E-state index < -0.39 is 0 Å². The van der Waals surface area contributed by atoms with Crippen molar-refractivity contribution in [2.75, 3.05) is 26.2 Å². The molecule has 0 atom stereocenters. The molecule has 0 aliphatic carbocycles. The molecule has 1 amide bonds. The van der Waals surface area contributed by atoms with Crippen molar-refractivity contribution in [3.63, 3.8) is 0 Å². The zero-order valence-electron chi connectivity index (χ0n) is 17.9. The molecule has 0 saturated carbocycles. The molecule has 0 bridgehead atoms. The molecule has 1 aliphatic heterocycles. The van der Waals surface area contributed by atoms with Crippen LogP contribution in [0.3, 0.4) is 0 Å². The number of piperazine rings is 1. The van der Waals surface area contributed by atoms with Crippen LogP contribution in [0.15, 0.2) is 61.1 Å². The lowest BCUT2D eigenvalue weighted by Gasteiger charge is -2.34. The first-order chi connectivity index (χ1) is 15.6. The number of nitrogens with zero attached hydrogens (tertiary/aromatic N) is 5. The van der Waals surface area contributed by atoms with Crippen LogP contribution >= 0.6 is 0 Å². The van der Waals surface area contributed by atoms with Gasteiger partial charge in [-0.25, -0.2) is 4.98 Å². The average Bonchev–Trinajstić information content (AvgIpc) is 3.35. The van der Waals surface area contributed by atoms with Gasteiger partial charge in [0.05, 0.1) is 11.2 Å². The van der Waals surface area contributed by atoms with Gasteiger partial charge >= 0.3 is 0 Å². The molecule has 1 N–H and O–H groups in total. The average molecular weight is 428 g/mol. The molecule has 1 aliphatic rings. The highest BCUT2D eigenvalue weighted by molar-refractivity contribution is 5.80. The molecule has 162 valence electrons. The largest absolute Gasteiger partial charge is 0.439 e. The summed E-state index contributed by atoms with van der Waals surface area (Å²) < 4.78 is 5.92. The van der Waals surface area contributed by atoms with Gasteiger partial charge in [0, 0.05) is 81.3 Å². The fourth-order valence-electron chi connectivity index (χ4n) is 3.91. The van der Waals surface area contributed by atoms with Gasteiger partial charge in [0.15, 0.2) is 0 Å². The summed E-state index contributed by atoms with van der Waals surface area (Å²) in [5, 5.41) is 7.95. The number of carbonyl (C=O) groups is 1. The molecule has 32 heavy (non-hydrogen) atoms. The minimum absolute atomic E-state index is 0.152. The Morgan fingerprint density at radius 1 is 1.03 bits per heavy atom. The first-order valence-corrected chi connectivity index (χ1v) is 10.6. The van der Waals surface area contributed by atoms with E-state index in [0.29, 0.717) is 11.6 Å². The van der Waals surface area contributed by atoms with E-state index in [1.807, 2.05) is 47.5 Å². The van der Waals surface area contributed by atoms with Gasteiger partial charge in [-0.3, -0.25) is 19.8 Å². The Morgan fingerprint density at radius 2 is 1.91 bits per heavy atom. The standard InChI is InChI=1S/C24H24N6O2/c1-17(31)30-10-8-29(9-11-30)16-18-12-19-2-4-21(13-23(19)25-14-18)32-24-5-3-20(15-26-24)22-6-7-27-28-22/h2-7,12-15H,8-11,16H2,1H3,(H,27,28). The quantitative estimate of drug-likeness (QED) is 0.524. The molecule has 8 heteroatoms. The van der Waals surface area contributed by atoms with Crippen LogP contribution in [0.25, 0.3) is 22.2 Å². The van der Waals surface area contributed by atoms with Gasteiger partial charge in [-0.15, -0.1) is 0 Å². The van der Waals surface area contributed by atoms with Gasteiger partial charge in [-0.05, 0) is 35.9 Å². The lowest BCUT2D eigenvalue weighted by atomic mass is 10.1. The Hall–Kier alpha value is -3.78. The van der Waals surface area contributed by atoms with Gasteiger partial charge < -0.3 is 9.64 Å². The number of fused-ring (bicyclic) bond motifs is 1. The van der Waals surface area contributed by atoms with E-state index in [0.717, 1.165) is 54.9 Å². The maximum Gasteiger partial charge on any atom is 0.219 e. The fraction of sp³-hybridized carbons (Fsp3) is 0.250. The van der Waals surface area contributed by atoms with E-state index in [2.05, 4.69) is 31.1 Å². The SMILES string of the molecule is CC(=O)N1CCN(Cc2cnc3cc(Oc4ccc(-c5ccn[nH]5)cn4)ccc3c2)CC1. The summed E-state index contributed by atoms with van der Waals surface area (Å²) in [4.78, 5) is 24.8. The van der Waals surface area contributed by atoms with Crippen LogP contribution in [0, 0.1) is 0 Å². The fourth-order valence-corrected chi connectivity index (χ4v) is 3.91. The molecular weight excluding hydrogens is 404 g/mol. The van der Waals surface area contributed by atoms with E-state index >= 15 is 0 Å². The van der Waals surface area contributed by atoms with Crippen LogP contribution in [0.4, 0.5) is 0 Å². The molecule has 1 fully saturated rings. The Balaban J connectivity index is 1.24. The summed E-state index contributed by atoms with van der Waals surface area (Å²) in [6.07, 6.45) is 5.38. The maximum atomic E-state index is 11.5. The lowest BCUT2D eigenvalue weighted by Crippen LogP contribution is -2.47. The monoisotopic (exact) mass is 428 g/mol. The number of carbonyl (C=O) groups excluding carboxylic acids is 1. The lowest BCUT2D eigenvalue weighted by molar-refractivity contribution is -0.130. The number of ether oxygens (including phenoxy) is 1. The molecule has 0 unspecified atom stereocenters. The number of hydrogen-bond donors (Lipinski definition) is 1. The van der Waals surface area contributed by atoms with Crippen molar-refractivity contribution in [1.29, 1.82) is 0 Å². The molecular formula is C24H24N6O2. The zero-order valence-corrected chi connectivity index (χ0v) is 17.9. The van der Waals surface area contributed by atoms with Crippen molar-refractivity contribution in [1.82, 2.24) is 30.0 Å². The predicted octanol–water partition coefficient (Wildman–Crippen LogP) is 3.48. The molecule has 8 nitrogen and oxygen atoms in total. The first-order valence-electron chi connectivity index (χ1n) is 10.6. The van der Waals surface area contributed by atoms with Crippen molar-refractivity contribution in [2.24, 2.45) is 0 Å². The number of hydrogen-bond acceptors (Lipinski definition) is 6. The summed E-state index contributed by atoms with van der Waals surface area (Å²) in [5.41, 5.74) is 3.90. The number of H-pyrrole nitrogens is 1. The topological polar surface area (TPSA) is 87.2 Å². The highest BCUT2D eigenvalue weighted by atomic mass is 16.5. The molecule has 4 heterocycles. The number of nitrogens with one attached hydrogen (secondary N) is 1. The van der Waals surface area contributed by atoms with Crippen molar-refractivity contribution >= 4 is 16.8 Å². The summed E-state index contributed by atoms with van der Waals surface area (Å²) in [6, 6.07) is 13.7. The van der Waals surface area contributed by atoms with Crippen LogP contribution in [-0.4, -0.2) is 62.1 Å².